The average Bonchev–Trinajstić information content (AvgIpc) is 2.28. The van der Waals surface area contributed by atoms with Gasteiger partial charge in [-0.2, -0.15) is 0 Å². The average molecular weight is 246 g/mol. The van der Waals surface area contributed by atoms with Crippen molar-refractivity contribution in [3.63, 3.8) is 0 Å². The van der Waals surface area contributed by atoms with E-state index in [9.17, 15) is 9.59 Å². The highest BCUT2D eigenvalue weighted by molar-refractivity contribution is 8.14. The molecule has 94 valence electrons. The van der Waals surface area contributed by atoms with Crippen molar-refractivity contribution in [2.24, 2.45) is 0 Å². The molecule has 0 bridgehead atoms. The van der Waals surface area contributed by atoms with E-state index < -0.39 is 0 Å². The first-order valence-corrected chi connectivity index (χ1v) is 6.87. The minimum Gasteiger partial charge on any atom is -0.466 e. The van der Waals surface area contributed by atoms with Crippen molar-refractivity contribution in [2.75, 3.05) is 6.61 Å². The Morgan fingerprint density at radius 1 is 1.12 bits per heavy atom. The molecule has 0 aromatic carbocycles. The summed E-state index contributed by atoms with van der Waals surface area (Å²) in [4.78, 5) is 22.2. The van der Waals surface area contributed by atoms with Gasteiger partial charge in [0.25, 0.3) is 0 Å². The number of ether oxygens (including phenoxy) is 1. The number of esters is 1. The molecule has 0 saturated carbocycles. The zero-order valence-electron chi connectivity index (χ0n) is 10.5. The van der Waals surface area contributed by atoms with Gasteiger partial charge in [-0.15, -0.1) is 0 Å². The third-order valence-electron chi connectivity index (χ3n) is 2.19. The van der Waals surface area contributed by atoms with Gasteiger partial charge in [0.1, 0.15) is 0 Å². The van der Waals surface area contributed by atoms with Gasteiger partial charge in [-0.25, -0.2) is 0 Å². The van der Waals surface area contributed by atoms with Crippen LogP contribution in [0.15, 0.2) is 0 Å². The third kappa shape index (κ3) is 7.74. The van der Waals surface area contributed by atoms with Gasteiger partial charge >= 0.3 is 5.97 Å². The van der Waals surface area contributed by atoms with Gasteiger partial charge in [0.2, 0.25) is 0 Å². The van der Waals surface area contributed by atoms with Crippen LogP contribution < -0.4 is 0 Å². The lowest BCUT2D eigenvalue weighted by atomic mass is 10.2. The zero-order valence-corrected chi connectivity index (χ0v) is 11.3. The second-order valence-corrected chi connectivity index (χ2v) is 4.97. The normalized spacial score (nSPS) is 12.2. The van der Waals surface area contributed by atoms with Gasteiger partial charge in [0.05, 0.1) is 6.61 Å². The summed E-state index contributed by atoms with van der Waals surface area (Å²) in [6.07, 6.45) is 3.81. The molecule has 0 aliphatic heterocycles. The molecule has 0 spiro atoms. The first-order valence-electron chi connectivity index (χ1n) is 5.99. The van der Waals surface area contributed by atoms with E-state index in [0.29, 0.717) is 24.7 Å². The van der Waals surface area contributed by atoms with E-state index in [1.165, 1.54) is 11.8 Å². The Labute approximate surface area is 102 Å². The minimum absolute atomic E-state index is 0.165. The molecule has 0 fully saturated rings. The Morgan fingerprint density at radius 2 is 1.81 bits per heavy atom. The molecule has 1 unspecified atom stereocenters. The molecule has 0 radical (unpaired) electrons. The summed E-state index contributed by atoms with van der Waals surface area (Å²) in [5.74, 6) is -0.165. The third-order valence-corrected chi connectivity index (χ3v) is 3.55. The maximum absolute atomic E-state index is 11.3. The summed E-state index contributed by atoms with van der Waals surface area (Å²) >= 11 is 1.40. The van der Waals surface area contributed by atoms with Gasteiger partial charge in [0, 0.05) is 18.1 Å². The molecule has 0 aliphatic rings. The van der Waals surface area contributed by atoms with Crippen molar-refractivity contribution in [3.8, 4) is 0 Å². The molecule has 0 saturated heterocycles. The fourth-order valence-corrected chi connectivity index (χ4v) is 2.37. The zero-order chi connectivity index (χ0) is 12.4. The monoisotopic (exact) mass is 246 g/mol. The molecule has 0 aromatic rings. The van der Waals surface area contributed by atoms with Crippen LogP contribution in [-0.2, 0) is 14.3 Å². The number of hydrogen-bond donors (Lipinski definition) is 0. The Balaban J connectivity index is 3.84. The summed E-state index contributed by atoms with van der Waals surface area (Å²) in [5, 5.41) is 0.516. The smallest absolute Gasteiger partial charge is 0.305 e. The molecule has 0 rings (SSSR count). The highest BCUT2D eigenvalue weighted by Gasteiger charge is 2.13. The SMILES string of the molecule is CCCC(CCOC(=O)CC)SC(=O)CC. The van der Waals surface area contributed by atoms with Crippen LogP contribution in [0.25, 0.3) is 0 Å². The van der Waals surface area contributed by atoms with Crippen LogP contribution in [-0.4, -0.2) is 22.9 Å². The summed E-state index contributed by atoms with van der Waals surface area (Å²) in [6.45, 7) is 6.18. The van der Waals surface area contributed by atoms with Crippen molar-refractivity contribution in [1.29, 1.82) is 0 Å². The predicted molar refractivity (Wildman–Crippen MR) is 67.5 cm³/mol. The Bertz CT molecular complexity index is 216. The fraction of sp³-hybridized carbons (Fsp3) is 0.833. The second-order valence-electron chi connectivity index (χ2n) is 3.62. The van der Waals surface area contributed by atoms with Gasteiger partial charge in [0.15, 0.2) is 5.12 Å². The number of rotatable bonds is 8. The molecule has 0 aromatic heterocycles. The number of carbonyl (C=O) groups excluding carboxylic acids is 2. The summed E-state index contributed by atoms with van der Waals surface area (Å²) in [6, 6.07) is 0. The Hall–Kier alpha value is -0.510. The standard InChI is InChI=1S/C12H22O3S/c1-4-7-10(16-12(14)6-3)8-9-15-11(13)5-2/h10H,4-9H2,1-3H3. The van der Waals surface area contributed by atoms with Crippen LogP contribution in [0, 0.1) is 0 Å². The molecule has 0 N–H and O–H groups in total. The van der Waals surface area contributed by atoms with Gasteiger partial charge in [-0.1, -0.05) is 39.0 Å². The maximum Gasteiger partial charge on any atom is 0.305 e. The lowest BCUT2D eigenvalue weighted by Gasteiger charge is -2.14. The predicted octanol–water partition coefficient (Wildman–Crippen LogP) is 3.17. The minimum atomic E-state index is -0.165. The van der Waals surface area contributed by atoms with Gasteiger partial charge in [-0.05, 0) is 12.8 Å². The highest BCUT2D eigenvalue weighted by atomic mass is 32.2. The molecule has 1 atom stereocenters. The van der Waals surface area contributed by atoms with Crippen LogP contribution in [0.2, 0.25) is 0 Å². The lowest BCUT2D eigenvalue weighted by Crippen LogP contribution is -2.12. The van der Waals surface area contributed by atoms with E-state index >= 15 is 0 Å². The molecule has 0 amide bonds. The van der Waals surface area contributed by atoms with Crippen molar-refractivity contribution in [1.82, 2.24) is 0 Å². The quantitative estimate of drug-likeness (QED) is 0.617. The topological polar surface area (TPSA) is 43.4 Å². The van der Waals surface area contributed by atoms with E-state index in [0.717, 1.165) is 19.3 Å². The van der Waals surface area contributed by atoms with Crippen LogP contribution in [0.4, 0.5) is 0 Å². The van der Waals surface area contributed by atoms with Crippen molar-refractivity contribution >= 4 is 22.8 Å². The second kappa shape index (κ2) is 9.70. The highest BCUT2D eigenvalue weighted by Crippen LogP contribution is 2.21. The van der Waals surface area contributed by atoms with Crippen molar-refractivity contribution in [2.45, 2.75) is 58.1 Å². The number of carbonyl (C=O) groups is 2. The van der Waals surface area contributed by atoms with Crippen LogP contribution >= 0.6 is 11.8 Å². The Morgan fingerprint density at radius 3 is 2.31 bits per heavy atom. The van der Waals surface area contributed by atoms with Crippen molar-refractivity contribution in [3.05, 3.63) is 0 Å². The van der Waals surface area contributed by atoms with E-state index in [-0.39, 0.29) is 11.1 Å². The Kier molecular flexibility index (Phi) is 9.39. The molecule has 4 heteroatoms. The molecule has 0 heterocycles. The number of thioether (sulfide) groups is 1. The van der Waals surface area contributed by atoms with Crippen LogP contribution in [0.1, 0.15) is 52.9 Å². The maximum atomic E-state index is 11.3. The van der Waals surface area contributed by atoms with E-state index in [4.69, 9.17) is 4.74 Å². The van der Waals surface area contributed by atoms with Gasteiger partial charge < -0.3 is 4.74 Å². The van der Waals surface area contributed by atoms with E-state index in [1.54, 1.807) is 6.92 Å². The first kappa shape index (κ1) is 15.5. The molecule has 0 aliphatic carbocycles. The van der Waals surface area contributed by atoms with E-state index in [2.05, 4.69) is 6.92 Å². The summed E-state index contributed by atoms with van der Waals surface area (Å²) in [5.41, 5.74) is 0. The molecule has 16 heavy (non-hydrogen) atoms. The number of hydrogen-bond acceptors (Lipinski definition) is 4. The molecular formula is C12H22O3S. The molecule has 3 nitrogen and oxygen atoms in total. The first-order chi connectivity index (χ1) is 7.63. The van der Waals surface area contributed by atoms with E-state index in [1.807, 2.05) is 6.92 Å². The lowest BCUT2D eigenvalue weighted by molar-refractivity contribution is -0.143. The summed E-state index contributed by atoms with van der Waals surface area (Å²) < 4.78 is 5.02. The summed E-state index contributed by atoms with van der Waals surface area (Å²) in [7, 11) is 0. The van der Waals surface area contributed by atoms with Crippen molar-refractivity contribution < 1.29 is 14.3 Å². The van der Waals surface area contributed by atoms with Gasteiger partial charge in [-0.3, -0.25) is 9.59 Å². The fourth-order valence-electron chi connectivity index (χ4n) is 1.26. The largest absolute Gasteiger partial charge is 0.466 e. The molecular weight excluding hydrogens is 224 g/mol. The van der Waals surface area contributed by atoms with Crippen LogP contribution in [0.3, 0.4) is 0 Å². The van der Waals surface area contributed by atoms with Crippen LogP contribution in [0.5, 0.6) is 0 Å².